The summed E-state index contributed by atoms with van der Waals surface area (Å²) in [5.74, 6) is -0.113. The van der Waals surface area contributed by atoms with E-state index in [-0.39, 0.29) is 24.3 Å². The molecule has 17 heavy (non-hydrogen) atoms. The average Bonchev–Trinajstić information content (AvgIpc) is 2.77. The molecule has 7 nitrogen and oxygen atoms in total. The van der Waals surface area contributed by atoms with Gasteiger partial charge in [-0.3, -0.25) is 4.79 Å². The maximum atomic E-state index is 11.9. The van der Waals surface area contributed by atoms with E-state index >= 15 is 0 Å². The molecule has 1 aromatic heterocycles. The van der Waals surface area contributed by atoms with E-state index in [0.717, 1.165) is 12.8 Å². The van der Waals surface area contributed by atoms with Crippen molar-refractivity contribution in [3.63, 3.8) is 0 Å². The van der Waals surface area contributed by atoms with Crippen LogP contribution in [0.25, 0.3) is 0 Å². The number of amides is 1. The second-order valence-electron chi connectivity index (χ2n) is 3.98. The smallest absolute Gasteiger partial charge is 0.311 e. The Bertz CT molecular complexity index is 393. The molecule has 0 saturated carbocycles. The predicted octanol–water partition coefficient (Wildman–Crippen LogP) is -0.187. The quantitative estimate of drug-likeness (QED) is 0.789. The van der Waals surface area contributed by atoms with Gasteiger partial charge in [0, 0.05) is 20.2 Å². The standard InChI is InChI=1S/C10H15N3O4/c1-16-6-8-11-12-9(17-8)10(15)13-4-2-3-7(14)5-13/h7,14H,2-6H2,1H3. The molecule has 1 saturated heterocycles. The highest BCUT2D eigenvalue weighted by Crippen LogP contribution is 2.13. The zero-order chi connectivity index (χ0) is 12.3. The Balaban J connectivity index is 2.02. The number of piperidine rings is 1. The van der Waals surface area contributed by atoms with Crippen molar-refractivity contribution in [1.82, 2.24) is 15.1 Å². The molecule has 0 aromatic carbocycles. The third-order valence-electron chi connectivity index (χ3n) is 2.60. The van der Waals surface area contributed by atoms with Crippen LogP contribution < -0.4 is 0 Å². The molecule has 1 aliphatic rings. The second-order valence-corrected chi connectivity index (χ2v) is 3.98. The molecule has 1 N–H and O–H groups in total. The summed E-state index contributed by atoms with van der Waals surface area (Å²) in [6.45, 7) is 1.11. The molecule has 0 radical (unpaired) electrons. The SMILES string of the molecule is COCc1nnc(C(=O)N2CCCC(O)C2)o1. The lowest BCUT2D eigenvalue weighted by molar-refractivity contribution is 0.0437. The van der Waals surface area contributed by atoms with E-state index in [1.807, 2.05) is 0 Å². The molecule has 1 unspecified atom stereocenters. The first-order chi connectivity index (χ1) is 8.20. The first kappa shape index (κ1) is 12.0. The van der Waals surface area contributed by atoms with E-state index in [4.69, 9.17) is 9.15 Å². The minimum absolute atomic E-state index is 0.0499. The predicted molar refractivity (Wildman–Crippen MR) is 56.2 cm³/mol. The van der Waals surface area contributed by atoms with E-state index in [9.17, 15) is 9.90 Å². The van der Waals surface area contributed by atoms with Crippen molar-refractivity contribution in [2.45, 2.75) is 25.6 Å². The molecule has 2 rings (SSSR count). The Hall–Kier alpha value is -1.47. The summed E-state index contributed by atoms with van der Waals surface area (Å²) in [6.07, 6.45) is 1.04. The van der Waals surface area contributed by atoms with Crippen LogP contribution in [0.5, 0.6) is 0 Å². The molecule has 1 fully saturated rings. The Morgan fingerprint density at radius 2 is 2.47 bits per heavy atom. The summed E-state index contributed by atoms with van der Waals surface area (Å²) in [6, 6.07) is 0. The molecule has 0 aliphatic carbocycles. The molecule has 1 amide bonds. The van der Waals surface area contributed by atoms with Gasteiger partial charge in [-0.2, -0.15) is 0 Å². The van der Waals surface area contributed by atoms with Crippen molar-refractivity contribution in [2.24, 2.45) is 0 Å². The van der Waals surface area contributed by atoms with E-state index in [1.165, 1.54) is 12.0 Å². The van der Waals surface area contributed by atoms with E-state index in [2.05, 4.69) is 10.2 Å². The van der Waals surface area contributed by atoms with E-state index in [0.29, 0.717) is 13.1 Å². The number of ether oxygens (including phenoxy) is 1. The van der Waals surface area contributed by atoms with E-state index in [1.54, 1.807) is 0 Å². The van der Waals surface area contributed by atoms with Crippen LogP contribution in [-0.4, -0.2) is 52.4 Å². The number of carbonyl (C=O) groups excluding carboxylic acids is 1. The van der Waals surface area contributed by atoms with Gasteiger partial charge in [0.1, 0.15) is 6.61 Å². The van der Waals surface area contributed by atoms with Crippen LogP contribution in [0.3, 0.4) is 0 Å². The number of hydrogen-bond acceptors (Lipinski definition) is 6. The Morgan fingerprint density at radius 3 is 3.18 bits per heavy atom. The number of hydrogen-bond donors (Lipinski definition) is 1. The first-order valence-corrected chi connectivity index (χ1v) is 5.49. The fraction of sp³-hybridized carbons (Fsp3) is 0.700. The molecule has 0 spiro atoms. The molecule has 1 aliphatic heterocycles. The summed E-state index contributed by atoms with van der Waals surface area (Å²) >= 11 is 0. The van der Waals surface area contributed by atoms with Gasteiger partial charge in [-0.05, 0) is 12.8 Å². The van der Waals surface area contributed by atoms with Crippen molar-refractivity contribution >= 4 is 5.91 Å². The molecule has 2 heterocycles. The van der Waals surface area contributed by atoms with Gasteiger partial charge < -0.3 is 19.2 Å². The highest BCUT2D eigenvalue weighted by Gasteiger charge is 2.26. The number of rotatable bonds is 3. The van der Waals surface area contributed by atoms with Crippen LogP contribution >= 0.6 is 0 Å². The van der Waals surface area contributed by atoms with Gasteiger partial charge in [-0.25, -0.2) is 0 Å². The van der Waals surface area contributed by atoms with Crippen LogP contribution in [-0.2, 0) is 11.3 Å². The Labute approximate surface area is 98.4 Å². The third-order valence-corrected chi connectivity index (χ3v) is 2.60. The number of β-amino-alcohol motifs (C(OH)–C–C–N with tert-alkyl or cyclic N) is 1. The third kappa shape index (κ3) is 2.80. The minimum atomic E-state index is -0.464. The maximum Gasteiger partial charge on any atom is 0.311 e. The number of methoxy groups -OCH3 is 1. The highest BCUT2D eigenvalue weighted by atomic mass is 16.5. The number of aliphatic hydroxyl groups is 1. The van der Waals surface area contributed by atoms with Crippen LogP contribution in [0.15, 0.2) is 4.42 Å². The zero-order valence-electron chi connectivity index (χ0n) is 9.63. The van der Waals surface area contributed by atoms with Gasteiger partial charge in [0.25, 0.3) is 0 Å². The van der Waals surface area contributed by atoms with Crippen LogP contribution in [0.2, 0.25) is 0 Å². The Morgan fingerprint density at radius 1 is 1.65 bits per heavy atom. The molecule has 1 aromatic rings. The van der Waals surface area contributed by atoms with Crippen molar-refractivity contribution in [2.75, 3.05) is 20.2 Å². The fourth-order valence-corrected chi connectivity index (χ4v) is 1.80. The number of aliphatic hydroxyl groups excluding tert-OH is 1. The van der Waals surface area contributed by atoms with Crippen LogP contribution in [0.1, 0.15) is 29.4 Å². The van der Waals surface area contributed by atoms with Gasteiger partial charge in [0.05, 0.1) is 6.10 Å². The van der Waals surface area contributed by atoms with Crippen molar-refractivity contribution in [3.8, 4) is 0 Å². The summed E-state index contributed by atoms with van der Waals surface area (Å²) < 4.78 is 9.98. The number of carbonyl (C=O) groups is 1. The lowest BCUT2D eigenvalue weighted by atomic mass is 10.1. The summed E-state index contributed by atoms with van der Waals surface area (Å²) in [5, 5.41) is 16.8. The minimum Gasteiger partial charge on any atom is -0.414 e. The first-order valence-electron chi connectivity index (χ1n) is 5.49. The molecule has 7 heteroatoms. The molecule has 1 atom stereocenters. The van der Waals surface area contributed by atoms with Crippen molar-refractivity contribution < 1.29 is 19.1 Å². The summed E-state index contributed by atoms with van der Waals surface area (Å²) in [4.78, 5) is 13.5. The van der Waals surface area contributed by atoms with Gasteiger partial charge in [0.2, 0.25) is 5.89 Å². The lowest BCUT2D eigenvalue weighted by Gasteiger charge is -2.28. The maximum absolute atomic E-state index is 11.9. The number of aromatic nitrogens is 2. The van der Waals surface area contributed by atoms with Gasteiger partial charge in [-0.1, -0.05) is 0 Å². The van der Waals surface area contributed by atoms with Crippen molar-refractivity contribution in [3.05, 3.63) is 11.8 Å². The second kappa shape index (κ2) is 5.24. The van der Waals surface area contributed by atoms with Gasteiger partial charge in [-0.15, -0.1) is 10.2 Å². The van der Waals surface area contributed by atoms with Crippen LogP contribution in [0, 0.1) is 0 Å². The monoisotopic (exact) mass is 241 g/mol. The largest absolute Gasteiger partial charge is 0.414 e. The summed E-state index contributed by atoms with van der Waals surface area (Å²) in [7, 11) is 1.51. The topological polar surface area (TPSA) is 88.7 Å². The highest BCUT2D eigenvalue weighted by molar-refractivity contribution is 5.89. The normalized spacial score (nSPS) is 20.6. The van der Waals surface area contributed by atoms with Crippen LogP contribution in [0.4, 0.5) is 0 Å². The zero-order valence-corrected chi connectivity index (χ0v) is 9.63. The molecular weight excluding hydrogens is 226 g/mol. The van der Waals surface area contributed by atoms with Crippen molar-refractivity contribution in [1.29, 1.82) is 0 Å². The van der Waals surface area contributed by atoms with Gasteiger partial charge >= 0.3 is 11.8 Å². The fourth-order valence-electron chi connectivity index (χ4n) is 1.80. The summed E-state index contributed by atoms with van der Waals surface area (Å²) in [5.41, 5.74) is 0. The Kier molecular flexibility index (Phi) is 3.70. The van der Waals surface area contributed by atoms with Gasteiger partial charge in [0.15, 0.2) is 0 Å². The molecular formula is C10H15N3O4. The van der Waals surface area contributed by atoms with E-state index < -0.39 is 6.10 Å². The lowest BCUT2D eigenvalue weighted by Crippen LogP contribution is -2.42. The molecule has 94 valence electrons. The molecule has 0 bridgehead atoms. The average molecular weight is 241 g/mol. The number of likely N-dealkylation sites (tertiary alicyclic amines) is 1. The number of nitrogens with zero attached hydrogens (tertiary/aromatic N) is 3.